The molecule has 0 atom stereocenters. The molecule has 0 aromatic rings. The van der Waals surface area contributed by atoms with Gasteiger partial charge in [0.25, 0.3) is 0 Å². The summed E-state index contributed by atoms with van der Waals surface area (Å²) in [7, 11) is 0. The SMILES string of the molecule is C=C(C)CNC1CCC(C)CC1. The van der Waals surface area contributed by atoms with Crippen LogP contribution < -0.4 is 5.32 Å². The summed E-state index contributed by atoms with van der Waals surface area (Å²) in [6.45, 7) is 9.33. The molecular weight excluding hydrogens is 146 g/mol. The molecule has 1 heteroatoms. The van der Waals surface area contributed by atoms with Crippen LogP contribution in [0.2, 0.25) is 0 Å². The van der Waals surface area contributed by atoms with Crippen LogP contribution in [-0.4, -0.2) is 12.6 Å². The first-order valence-corrected chi connectivity index (χ1v) is 5.06. The van der Waals surface area contributed by atoms with Crippen LogP contribution in [0.5, 0.6) is 0 Å². The molecule has 0 aliphatic heterocycles. The Morgan fingerprint density at radius 1 is 1.33 bits per heavy atom. The van der Waals surface area contributed by atoms with Gasteiger partial charge in [0, 0.05) is 12.6 Å². The van der Waals surface area contributed by atoms with Gasteiger partial charge < -0.3 is 5.32 Å². The molecule has 0 heterocycles. The van der Waals surface area contributed by atoms with Gasteiger partial charge in [-0.2, -0.15) is 0 Å². The largest absolute Gasteiger partial charge is 0.310 e. The summed E-state index contributed by atoms with van der Waals surface area (Å²) >= 11 is 0. The van der Waals surface area contributed by atoms with Crippen LogP contribution in [0, 0.1) is 5.92 Å². The van der Waals surface area contributed by atoms with Crippen molar-refractivity contribution in [3.05, 3.63) is 12.2 Å². The Hall–Kier alpha value is -0.300. The summed E-state index contributed by atoms with van der Waals surface area (Å²) in [6, 6.07) is 0.762. The predicted octanol–water partition coefficient (Wildman–Crippen LogP) is 2.73. The first-order valence-electron chi connectivity index (χ1n) is 5.06. The maximum atomic E-state index is 3.89. The van der Waals surface area contributed by atoms with E-state index >= 15 is 0 Å². The van der Waals surface area contributed by atoms with E-state index in [0.29, 0.717) is 0 Å². The second kappa shape index (κ2) is 4.66. The topological polar surface area (TPSA) is 12.0 Å². The normalized spacial score (nSPS) is 30.2. The molecule has 0 aromatic carbocycles. The Morgan fingerprint density at radius 2 is 1.92 bits per heavy atom. The lowest BCUT2D eigenvalue weighted by Crippen LogP contribution is -2.33. The van der Waals surface area contributed by atoms with E-state index in [1.165, 1.54) is 31.3 Å². The smallest absolute Gasteiger partial charge is 0.0161 e. The zero-order chi connectivity index (χ0) is 8.97. The van der Waals surface area contributed by atoms with Gasteiger partial charge in [0.05, 0.1) is 0 Å². The fourth-order valence-corrected chi connectivity index (χ4v) is 1.78. The monoisotopic (exact) mass is 167 g/mol. The molecule has 1 nitrogen and oxygen atoms in total. The molecule has 1 saturated carbocycles. The molecule has 1 aliphatic rings. The summed E-state index contributed by atoms with van der Waals surface area (Å²) in [6.07, 6.45) is 5.50. The highest BCUT2D eigenvalue weighted by Crippen LogP contribution is 2.23. The van der Waals surface area contributed by atoms with Gasteiger partial charge in [0.2, 0.25) is 0 Å². The number of rotatable bonds is 3. The number of hydrogen-bond donors (Lipinski definition) is 1. The van der Waals surface area contributed by atoms with Crippen molar-refractivity contribution in [3.63, 3.8) is 0 Å². The minimum atomic E-state index is 0.762. The van der Waals surface area contributed by atoms with Crippen LogP contribution in [0.4, 0.5) is 0 Å². The quantitative estimate of drug-likeness (QED) is 0.637. The van der Waals surface area contributed by atoms with Crippen molar-refractivity contribution in [3.8, 4) is 0 Å². The molecule has 1 rings (SSSR count). The first kappa shape index (κ1) is 9.79. The molecule has 0 saturated heterocycles. The predicted molar refractivity (Wildman–Crippen MR) is 54.2 cm³/mol. The summed E-state index contributed by atoms with van der Waals surface area (Å²) in [4.78, 5) is 0. The minimum Gasteiger partial charge on any atom is -0.310 e. The third-order valence-electron chi connectivity index (χ3n) is 2.71. The second-order valence-electron chi connectivity index (χ2n) is 4.29. The number of hydrogen-bond acceptors (Lipinski definition) is 1. The Morgan fingerprint density at radius 3 is 2.42 bits per heavy atom. The molecule has 0 aromatic heterocycles. The van der Waals surface area contributed by atoms with Crippen molar-refractivity contribution in [2.45, 2.75) is 45.6 Å². The van der Waals surface area contributed by atoms with Gasteiger partial charge in [-0.25, -0.2) is 0 Å². The fraction of sp³-hybridized carbons (Fsp3) is 0.818. The van der Waals surface area contributed by atoms with Crippen LogP contribution in [0.3, 0.4) is 0 Å². The molecule has 0 radical (unpaired) electrons. The lowest BCUT2D eigenvalue weighted by atomic mass is 9.87. The van der Waals surface area contributed by atoms with Crippen LogP contribution in [-0.2, 0) is 0 Å². The molecule has 1 N–H and O–H groups in total. The lowest BCUT2D eigenvalue weighted by molar-refractivity contribution is 0.313. The molecule has 12 heavy (non-hydrogen) atoms. The summed E-state index contributed by atoms with van der Waals surface area (Å²) < 4.78 is 0. The summed E-state index contributed by atoms with van der Waals surface area (Å²) in [5.41, 5.74) is 1.24. The molecule has 0 unspecified atom stereocenters. The molecule has 0 bridgehead atoms. The standard InChI is InChI=1S/C11H21N/c1-9(2)8-12-11-6-4-10(3)5-7-11/h10-12H,1,4-8H2,2-3H3. The van der Waals surface area contributed by atoms with Crippen LogP contribution in [0.15, 0.2) is 12.2 Å². The van der Waals surface area contributed by atoms with Gasteiger partial charge >= 0.3 is 0 Å². The summed E-state index contributed by atoms with van der Waals surface area (Å²) in [5.74, 6) is 0.952. The van der Waals surface area contributed by atoms with Crippen molar-refractivity contribution in [1.29, 1.82) is 0 Å². The molecule has 0 amide bonds. The molecule has 1 fully saturated rings. The average Bonchev–Trinajstić information content (AvgIpc) is 2.03. The highest BCUT2D eigenvalue weighted by Gasteiger charge is 2.16. The van der Waals surface area contributed by atoms with E-state index in [9.17, 15) is 0 Å². The Bertz CT molecular complexity index is 143. The van der Waals surface area contributed by atoms with E-state index in [1.807, 2.05) is 0 Å². The Balaban J connectivity index is 2.13. The fourth-order valence-electron chi connectivity index (χ4n) is 1.78. The van der Waals surface area contributed by atoms with Crippen molar-refractivity contribution >= 4 is 0 Å². The Kier molecular flexibility index (Phi) is 3.80. The van der Waals surface area contributed by atoms with E-state index in [2.05, 4.69) is 25.7 Å². The lowest BCUT2D eigenvalue weighted by Gasteiger charge is -2.27. The van der Waals surface area contributed by atoms with Crippen LogP contribution in [0.25, 0.3) is 0 Å². The second-order valence-corrected chi connectivity index (χ2v) is 4.29. The van der Waals surface area contributed by atoms with Gasteiger partial charge in [0.15, 0.2) is 0 Å². The van der Waals surface area contributed by atoms with Gasteiger partial charge in [-0.05, 0) is 38.5 Å². The number of nitrogens with one attached hydrogen (secondary N) is 1. The van der Waals surface area contributed by atoms with Gasteiger partial charge in [-0.15, -0.1) is 0 Å². The minimum absolute atomic E-state index is 0.762. The zero-order valence-electron chi connectivity index (χ0n) is 8.40. The highest BCUT2D eigenvalue weighted by atomic mass is 14.9. The zero-order valence-corrected chi connectivity index (χ0v) is 8.40. The van der Waals surface area contributed by atoms with E-state index < -0.39 is 0 Å². The highest BCUT2D eigenvalue weighted by molar-refractivity contribution is 4.92. The molecule has 70 valence electrons. The van der Waals surface area contributed by atoms with Crippen molar-refractivity contribution in [1.82, 2.24) is 5.32 Å². The summed E-state index contributed by atoms with van der Waals surface area (Å²) in [5, 5.41) is 3.54. The van der Waals surface area contributed by atoms with Crippen molar-refractivity contribution in [2.75, 3.05) is 6.54 Å². The van der Waals surface area contributed by atoms with Crippen LogP contribution >= 0.6 is 0 Å². The van der Waals surface area contributed by atoms with E-state index in [-0.39, 0.29) is 0 Å². The average molecular weight is 167 g/mol. The Labute approximate surface area is 76.2 Å². The first-order chi connectivity index (χ1) is 5.68. The van der Waals surface area contributed by atoms with Crippen LogP contribution in [0.1, 0.15) is 39.5 Å². The molecular formula is C11H21N. The van der Waals surface area contributed by atoms with Crippen molar-refractivity contribution in [2.24, 2.45) is 5.92 Å². The third kappa shape index (κ3) is 3.40. The van der Waals surface area contributed by atoms with E-state index in [0.717, 1.165) is 18.5 Å². The van der Waals surface area contributed by atoms with Gasteiger partial charge in [0.1, 0.15) is 0 Å². The molecule has 0 spiro atoms. The van der Waals surface area contributed by atoms with Gasteiger partial charge in [-0.1, -0.05) is 19.1 Å². The maximum Gasteiger partial charge on any atom is 0.0161 e. The van der Waals surface area contributed by atoms with Crippen molar-refractivity contribution < 1.29 is 0 Å². The third-order valence-corrected chi connectivity index (χ3v) is 2.71. The maximum absolute atomic E-state index is 3.89. The molecule has 1 aliphatic carbocycles. The van der Waals surface area contributed by atoms with E-state index in [1.54, 1.807) is 0 Å². The van der Waals surface area contributed by atoms with Gasteiger partial charge in [-0.3, -0.25) is 0 Å². The van der Waals surface area contributed by atoms with E-state index in [4.69, 9.17) is 0 Å².